The van der Waals surface area contributed by atoms with Gasteiger partial charge in [0.05, 0.1) is 13.7 Å². The van der Waals surface area contributed by atoms with Crippen molar-refractivity contribution in [2.45, 2.75) is 26.0 Å². The molecule has 1 aliphatic rings. The average Bonchev–Trinajstić information content (AvgIpc) is 3.36. The van der Waals surface area contributed by atoms with E-state index in [0.717, 1.165) is 29.0 Å². The number of nitrogens with zero attached hydrogens (tertiary/aromatic N) is 1. The standard InChI is InChI=1S/C22H22N2O5/c1-14-9-16-10-15(3-8-20(16)28-14)21-11-17(24-29-21)12-23-22(25)13-27-19-6-4-18(26-2)5-7-19/h3-8,10-11,14H,9,12-13H2,1-2H3,(H,23,25). The highest BCUT2D eigenvalue weighted by atomic mass is 16.5. The molecule has 7 nitrogen and oxygen atoms in total. The minimum atomic E-state index is -0.242. The molecule has 150 valence electrons. The van der Waals surface area contributed by atoms with Crippen LogP contribution >= 0.6 is 0 Å². The molecular weight excluding hydrogens is 372 g/mol. The van der Waals surface area contributed by atoms with Crippen LogP contribution in [0, 0.1) is 0 Å². The van der Waals surface area contributed by atoms with Crippen LogP contribution in [0.3, 0.4) is 0 Å². The van der Waals surface area contributed by atoms with Gasteiger partial charge in [-0.05, 0) is 55.0 Å². The van der Waals surface area contributed by atoms with Gasteiger partial charge in [0, 0.05) is 18.1 Å². The summed E-state index contributed by atoms with van der Waals surface area (Å²) in [6, 6.07) is 14.8. The van der Waals surface area contributed by atoms with Crippen molar-refractivity contribution >= 4 is 5.91 Å². The molecule has 0 saturated heterocycles. The Kier molecular flexibility index (Phi) is 5.37. The number of ether oxygens (including phenoxy) is 3. The van der Waals surface area contributed by atoms with Crippen LogP contribution in [0.1, 0.15) is 18.2 Å². The van der Waals surface area contributed by atoms with E-state index in [9.17, 15) is 4.79 Å². The summed E-state index contributed by atoms with van der Waals surface area (Å²) in [5, 5.41) is 6.81. The average molecular weight is 394 g/mol. The molecule has 1 N–H and O–H groups in total. The summed E-state index contributed by atoms with van der Waals surface area (Å²) < 4.78 is 21.7. The van der Waals surface area contributed by atoms with Gasteiger partial charge in [-0.25, -0.2) is 0 Å². The number of benzene rings is 2. The van der Waals surface area contributed by atoms with Crippen LogP contribution in [0.25, 0.3) is 11.3 Å². The summed E-state index contributed by atoms with van der Waals surface area (Å²) in [4.78, 5) is 12.0. The van der Waals surface area contributed by atoms with Crippen LogP contribution < -0.4 is 19.5 Å². The molecule has 1 atom stereocenters. The van der Waals surface area contributed by atoms with Crippen molar-refractivity contribution in [2.75, 3.05) is 13.7 Å². The Morgan fingerprint density at radius 2 is 1.97 bits per heavy atom. The second-order valence-electron chi connectivity index (χ2n) is 6.88. The number of amides is 1. The molecular formula is C22H22N2O5. The molecule has 2 heterocycles. The lowest BCUT2D eigenvalue weighted by atomic mass is 10.1. The first kappa shape index (κ1) is 18.9. The second kappa shape index (κ2) is 8.26. The number of aromatic nitrogens is 1. The number of hydrogen-bond acceptors (Lipinski definition) is 6. The summed E-state index contributed by atoms with van der Waals surface area (Å²) in [5.74, 6) is 2.67. The van der Waals surface area contributed by atoms with Crippen molar-refractivity contribution in [3.63, 3.8) is 0 Å². The molecule has 0 fully saturated rings. The zero-order valence-corrected chi connectivity index (χ0v) is 16.3. The maximum atomic E-state index is 12.0. The molecule has 1 aliphatic heterocycles. The highest BCUT2D eigenvalue weighted by molar-refractivity contribution is 5.77. The molecule has 0 saturated carbocycles. The van der Waals surface area contributed by atoms with Crippen LogP contribution in [-0.4, -0.2) is 30.9 Å². The molecule has 0 bridgehead atoms. The van der Waals surface area contributed by atoms with Gasteiger partial charge in [0.2, 0.25) is 0 Å². The van der Waals surface area contributed by atoms with Gasteiger partial charge in [0.1, 0.15) is 29.0 Å². The third-order valence-corrected chi connectivity index (χ3v) is 4.64. The molecule has 4 rings (SSSR count). The van der Waals surface area contributed by atoms with E-state index in [-0.39, 0.29) is 25.2 Å². The fourth-order valence-electron chi connectivity index (χ4n) is 3.17. The minimum Gasteiger partial charge on any atom is -0.497 e. The molecule has 7 heteroatoms. The van der Waals surface area contributed by atoms with Gasteiger partial charge >= 0.3 is 0 Å². The molecule has 1 amide bonds. The van der Waals surface area contributed by atoms with Gasteiger partial charge in [-0.1, -0.05) is 5.16 Å². The van der Waals surface area contributed by atoms with Gasteiger partial charge in [-0.15, -0.1) is 0 Å². The number of methoxy groups -OCH3 is 1. The topological polar surface area (TPSA) is 82.8 Å². The fraction of sp³-hybridized carbons (Fsp3) is 0.273. The maximum Gasteiger partial charge on any atom is 0.258 e. The Morgan fingerprint density at radius 1 is 1.17 bits per heavy atom. The third kappa shape index (κ3) is 4.51. The molecule has 0 aliphatic carbocycles. The lowest BCUT2D eigenvalue weighted by Gasteiger charge is -2.07. The normalized spacial score (nSPS) is 14.8. The summed E-state index contributed by atoms with van der Waals surface area (Å²) in [5.41, 5.74) is 2.74. The Hall–Kier alpha value is -3.48. The number of nitrogens with one attached hydrogen (secondary N) is 1. The SMILES string of the molecule is COc1ccc(OCC(=O)NCc2cc(-c3ccc4c(c3)CC(C)O4)on2)cc1. The zero-order valence-electron chi connectivity index (χ0n) is 16.3. The molecule has 3 aromatic rings. The van der Waals surface area contributed by atoms with Crippen LogP contribution in [0.2, 0.25) is 0 Å². The number of carbonyl (C=O) groups excluding carboxylic acids is 1. The summed E-state index contributed by atoms with van der Waals surface area (Å²) in [7, 11) is 1.60. The summed E-state index contributed by atoms with van der Waals surface area (Å²) >= 11 is 0. The van der Waals surface area contributed by atoms with E-state index in [4.69, 9.17) is 18.7 Å². The summed E-state index contributed by atoms with van der Waals surface area (Å²) in [6.45, 7) is 2.23. The Labute approximate surface area is 168 Å². The van der Waals surface area contributed by atoms with Crippen molar-refractivity contribution in [1.29, 1.82) is 0 Å². The first-order valence-electron chi connectivity index (χ1n) is 9.40. The van der Waals surface area contributed by atoms with Gasteiger partial charge in [0.25, 0.3) is 5.91 Å². The van der Waals surface area contributed by atoms with E-state index < -0.39 is 0 Å². The number of carbonyl (C=O) groups is 1. The molecule has 0 spiro atoms. The highest BCUT2D eigenvalue weighted by Gasteiger charge is 2.20. The van der Waals surface area contributed by atoms with Crippen LogP contribution in [0.15, 0.2) is 53.1 Å². The summed E-state index contributed by atoms with van der Waals surface area (Å²) in [6.07, 6.45) is 1.08. The largest absolute Gasteiger partial charge is 0.497 e. The van der Waals surface area contributed by atoms with Gasteiger partial charge in [0.15, 0.2) is 12.4 Å². The minimum absolute atomic E-state index is 0.0833. The molecule has 29 heavy (non-hydrogen) atoms. The zero-order chi connectivity index (χ0) is 20.2. The van der Waals surface area contributed by atoms with Gasteiger partial charge in [-0.3, -0.25) is 4.79 Å². The molecule has 1 aromatic heterocycles. The maximum absolute atomic E-state index is 12.0. The number of hydrogen-bond donors (Lipinski definition) is 1. The lowest BCUT2D eigenvalue weighted by molar-refractivity contribution is -0.123. The van der Waals surface area contributed by atoms with Crippen molar-refractivity contribution in [3.8, 4) is 28.6 Å². The van der Waals surface area contributed by atoms with E-state index in [0.29, 0.717) is 17.2 Å². The van der Waals surface area contributed by atoms with Gasteiger partial charge in [-0.2, -0.15) is 0 Å². The second-order valence-corrected chi connectivity index (χ2v) is 6.88. The third-order valence-electron chi connectivity index (χ3n) is 4.64. The number of fused-ring (bicyclic) bond motifs is 1. The van der Waals surface area contributed by atoms with Crippen LogP contribution in [-0.2, 0) is 17.8 Å². The van der Waals surface area contributed by atoms with Crippen LogP contribution in [0.5, 0.6) is 17.2 Å². The molecule has 2 aromatic carbocycles. The predicted molar refractivity (Wildman–Crippen MR) is 106 cm³/mol. The van der Waals surface area contributed by atoms with Gasteiger partial charge < -0.3 is 24.1 Å². The van der Waals surface area contributed by atoms with E-state index in [1.807, 2.05) is 25.1 Å². The highest BCUT2D eigenvalue weighted by Crippen LogP contribution is 2.33. The lowest BCUT2D eigenvalue weighted by Crippen LogP contribution is -2.28. The monoisotopic (exact) mass is 394 g/mol. The first-order chi connectivity index (χ1) is 14.1. The van der Waals surface area contributed by atoms with Crippen molar-refractivity contribution in [2.24, 2.45) is 0 Å². The predicted octanol–water partition coefficient (Wildman–Crippen LogP) is 3.37. The van der Waals surface area contributed by atoms with E-state index in [1.54, 1.807) is 31.4 Å². The fourth-order valence-corrected chi connectivity index (χ4v) is 3.17. The van der Waals surface area contributed by atoms with Crippen LogP contribution in [0.4, 0.5) is 0 Å². The molecule has 1 unspecified atom stereocenters. The van der Waals surface area contributed by atoms with E-state index in [2.05, 4.69) is 16.5 Å². The van der Waals surface area contributed by atoms with E-state index >= 15 is 0 Å². The molecule has 0 radical (unpaired) electrons. The Morgan fingerprint density at radius 3 is 2.76 bits per heavy atom. The quantitative estimate of drug-likeness (QED) is 0.662. The Balaban J connectivity index is 1.29. The van der Waals surface area contributed by atoms with Crippen molar-refractivity contribution < 1.29 is 23.5 Å². The number of rotatable bonds is 7. The van der Waals surface area contributed by atoms with E-state index in [1.165, 1.54) is 0 Å². The van der Waals surface area contributed by atoms with Crippen molar-refractivity contribution in [1.82, 2.24) is 10.5 Å². The smallest absolute Gasteiger partial charge is 0.258 e. The Bertz CT molecular complexity index is 997. The van der Waals surface area contributed by atoms with Crippen molar-refractivity contribution in [3.05, 3.63) is 59.8 Å². The first-order valence-corrected chi connectivity index (χ1v) is 9.40.